The first-order valence-electron chi connectivity index (χ1n) is 4.90. The van der Waals surface area contributed by atoms with E-state index in [0.717, 1.165) is 18.8 Å². The van der Waals surface area contributed by atoms with Crippen LogP contribution in [0.25, 0.3) is 0 Å². The van der Waals surface area contributed by atoms with Gasteiger partial charge in [-0.15, -0.1) is 0 Å². The summed E-state index contributed by atoms with van der Waals surface area (Å²) in [5.74, 6) is 0. The zero-order chi connectivity index (χ0) is 10.4. The molecule has 0 spiro atoms. The molecule has 3 heteroatoms. The van der Waals surface area contributed by atoms with E-state index in [2.05, 4.69) is 36.4 Å². The number of benzene rings is 1. The van der Waals surface area contributed by atoms with Crippen LogP contribution in [0.3, 0.4) is 0 Å². The van der Waals surface area contributed by atoms with Crippen LogP contribution in [0.2, 0.25) is 0 Å². The Morgan fingerprint density at radius 1 is 1.36 bits per heavy atom. The van der Waals surface area contributed by atoms with Crippen molar-refractivity contribution in [2.45, 2.75) is 6.54 Å². The lowest BCUT2D eigenvalue weighted by Gasteiger charge is -2.11. The van der Waals surface area contributed by atoms with E-state index in [4.69, 9.17) is 5.73 Å². The summed E-state index contributed by atoms with van der Waals surface area (Å²) in [5.41, 5.74) is 7.87. The molecular weight excluding hydrogens is 174 g/mol. The monoisotopic (exact) mass is 193 g/mol. The molecule has 0 aliphatic heterocycles. The summed E-state index contributed by atoms with van der Waals surface area (Å²) >= 11 is 0. The Morgan fingerprint density at radius 3 is 2.79 bits per heavy atom. The molecular formula is C11H19N3. The van der Waals surface area contributed by atoms with E-state index in [0.29, 0.717) is 6.54 Å². The van der Waals surface area contributed by atoms with E-state index in [1.807, 2.05) is 12.1 Å². The Balaban J connectivity index is 2.42. The first-order chi connectivity index (χ1) is 6.72. The molecule has 0 aliphatic rings. The van der Waals surface area contributed by atoms with E-state index in [9.17, 15) is 0 Å². The predicted molar refractivity (Wildman–Crippen MR) is 61.4 cm³/mol. The summed E-state index contributed by atoms with van der Waals surface area (Å²) in [6.45, 7) is 2.59. The SMILES string of the molecule is CN(C)CCNc1cccc(CN)c1. The fraction of sp³-hybridized carbons (Fsp3) is 0.455. The van der Waals surface area contributed by atoms with Crippen molar-refractivity contribution >= 4 is 5.69 Å². The highest BCUT2D eigenvalue weighted by Crippen LogP contribution is 2.09. The van der Waals surface area contributed by atoms with Gasteiger partial charge in [-0.25, -0.2) is 0 Å². The average molecular weight is 193 g/mol. The largest absolute Gasteiger partial charge is 0.384 e. The molecule has 0 fully saturated rings. The van der Waals surface area contributed by atoms with Gasteiger partial charge in [0.25, 0.3) is 0 Å². The van der Waals surface area contributed by atoms with Gasteiger partial charge in [0.2, 0.25) is 0 Å². The molecule has 1 aromatic carbocycles. The van der Waals surface area contributed by atoms with Crippen LogP contribution in [0.15, 0.2) is 24.3 Å². The third kappa shape index (κ3) is 3.77. The minimum atomic E-state index is 0.600. The summed E-state index contributed by atoms with van der Waals surface area (Å²) in [6, 6.07) is 8.22. The predicted octanol–water partition coefficient (Wildman–Crippen LogP) is 1.12. The zero-order valence-corrected chi connectivity index (χ0v) is 8.96. The fourth-order valence-electron chi connectivity index (χ4n) is 1.23. The first-order valence-corrected chi connectivity index (χ1v) is 4.90. The van der Waals surface area contributed by atoms with Gasteiger partial charge in [-0.1, -0.05) is 12.1 Å². The second kappa shape index (κ2) is 5.62. The van der Waals surface area contributed by atoms with Crippen molar-refractivity contribution < 1.29 is 0 Å². The van der Waals surface area contributed by atoms with E-state index >= 15 is 0 Å². The summed E-state index contributed by atoms with van der Waals surface area (Å²) in [6.07, 6.45) is 0. The van der Waals surface area contributed by atoms with Gasteiger partial charge in [-0.3, -0.25) is 0 Å². The van der Waals surface area contributed by atoms with Gasteiger partial charge in [-0.05, 0) is 31.8 Å². The van der Waals surface area contributed by atoms with Crippen LogP contribution in [-0.2, 0) is 6.54 Å². The highest BCUT2D eigenvalue weighted by molar-refractivity contribution is 5.45. The van der Waals surface area contributed by atoms with Crippen LogP contribution in [0.5, 0.6) is 0 Å². The summed E-state index contributed by atoms with van der Waals surface area (Å²) in [5, 5.41) is 3.35. The maximum Gasteiger partial charge on any atom is 0.0343 e. The van der Waals surface area contributed by atoms with Gasteiger partial charge in [0, 0.05) is 25.3 Å². The van der Waals surface area contributed by atoms with E-state index in [-0.39, 0.29) is 0 Å². The minimum absolute atomic E-state index is 0.600. The Kier molecular flexibility index (Phi) is 4.43. The molecule has 3 nitrogen and oxygen atoms in total. The van der Waals surface area contributed by atoms with Gasteiger partial charge in [-0.2, -0.15) is 0 Å². The highest BCUT2D eigenvalue weighted by Gasteiger charge is 1.94. The van der Waals surface area contributed by atoms with Gasteiger partial charge < -0.3 is 16.0 Å². The molecule has 0 aliphatic carbocycles. The normalized spacial score (nSPS) is 10.6. The van der Waals surface area contributed by atoms with Gasteiger partial charge in [0.15, 0.2) is 0 Å². The zero-order valence-electron chi connectivity index (χ0n) is 8.96. The second-order valence-electron chi connectivity index (χ2n) is 3.63. The van der Waals surface area contributed by atoms with Crippen molar-refractivity contribution in [2.24, 2.45) is 5.73 Å². The van der Waals surface area contributed by atoms with Crippen LogP contribution in [0, 0.1) is 0 Å². The van der Waals surface area contributed by atoms with E-state index < -0.39 is 0 Å². The number of hydrogen-bond donors (Lipinski definition) is 2. The van der Waals surface area contributed by atoms with Crippen LogP contribution >= 0.6 is 0 Å². The maximum absolute atomic E-state index is 5.56. The first kappa shape index (κ1) is 11.0. The number of hydrogen-bond acceptors (Lipinski definition) is 3. The van der Waals surface area contributed by atoms with Crippen LogP contribution < -0.4 is 11.1 Å². The molecule has 0 amide bonds. The van der Waals surface area contributed by atoms with Crippen LogP contribution in [0.4, 0.5) is 5.69 Å². The summed E-state index contributed by atoms with van der Waals surface area (Å²) in [4.78, 5) is 2.15. The number of likely N-dealkylation sites (N-methyl/N-ethyl adjacent to an activating group) is 1. The van der Waals surface area contributed by atoms with Crippen molar-refractivity contribution in [1.29, 1.82) is 0 Å². The quantitative estimate of drug-likeness (QED) is 0.736. The lowest BCUT2D eigenvalue weighted by Crippen LogP contribution is -2.20. The van der Waals surface area contributed by atoms with Crippen molar-refractivity contribution in [3.05, 3.63) is 29.8 Å². The molecule has 1 rings (SSSR count). The Morgan fingerprint density at radius 2 is 2.14 bits per heavy atom. The van der Waals surface area contributed by atoms with Gasteiger partial charge >= 0.3 is 0 Å². The lowest BCUT2D eigenvalue weighted by molar-refractivity contribution is 0.425. The van der Waals surface area contributed by atoms with Gasteiger partial charge in [0.1, 0.15) is 0 Å². The molecule has 0 saturated carbocycles. The number of nitrogens with zero attached hydrogens (tertiary/aromatic N) is 1. The van der Waals surface area contributed by atoms with Crippen molar-refractivity contribution in [3.63, 3.8) is 0 Å². The molecule has 14 heavy (non-hydrogen) atoms. The molecule has 0 bridgehead atoms. The van der Waals surface area contributed by atoms with Crippen LogP contribution in [-0.4, -0.2) is 32.1 Å². The smallest absolute Gasteiger partial charge is 0.0343 e. The molecule has 0 heterocycles. The highest BCUT2D eigenvalue weighted by atomic mass is 15.1. The lowest BCUT2D eigenvalue weighted by atomic mass is 10.2. The van der Waals surface area contributed by atoms with E-state index in [1.165, 1.54) is 5.56 Å². The molecule has 1 aromatic rings. The fourth-order valence-corrected chi connectivity index (χ4v) is 1.23. The van der Waals surface area contributed by atoms with Crippen LogP contribution in [0.1, 0.15) is 5.56 Å². The third-order valence-corrected chi connectivity index (χ3v) is 2.05. The minimum Gasteiger partial charge on any atom is -0.384 e. The van der Waals surface area contributed by atoms with Crippen molar-refractivity contribution in [2.75, 3.05) is 32.5 Å². The van der Waals surface area contributed by atoms with Crippen molar-refractivity contribution in [1.82, 2.24) is 4.90 Å². The number of nitrogens with two attached hydrogens (primary N) is 1. The molecule has 0 aromatic heterocycles. The van der Waals surface area contributed by atoms with Gasteiger partial charge in [0.05, 0.1) is 0 Å². The summed E-state index contributed by atoms with van der Waals surface area (Å²) in [7, 11) is 4.13. The molecule has 0 saturated heterocycles. The Labute approximate surface area is 85.9 Å². The second-order valence-corrected chi connectivity index (χ2v) is 3.63. The third-order valence-electron chi connectivity index (χ3n) is 2.05. The molecule has 3 N–H and O–H groups in total. The maximum atomic E-state index is 5.56. The molecule has 0 atom stereocenters. The average Bonchev–Trinajstić information content (AvgIpc) is 2.18. The summed E-state index contributed by atoms with van der Waals surface area (Å²) < 4.78 is 0. The number of anilines is 1. The molecule has 78 valence electrons. The van der Waals surface area contributed by atoms with E-state index in [1.54, 1.807) is 0 Å². The topological polar surface area (TPSA) is 41.3 Å². The standard InChI is InChI=1S/C11H19N3/c1-14(2)7-6-13-11-5-3-4-10(8-11)9-12/h3-5,8,13H,6-7,9,12H2,1-2H3. The number of nitrogens with one attached hydrogen (secondary N) is 1. The molecule has 0 radical (unpaired) electrons. The van der Waals surface area contributed by atoms with Crippen molar-refractivity contribution in [3.8, 4) is 0 Å². The Bertz CT molecular complexity index is 271. The Hall–Kier alpha value is -1.06. The molecule has 0 unspecified atom stereocenters. The number of rotatable bonds is 5.